The Bertz CT molecular complexity index is 172. The molecule has 0 aliphatic carbocycles. The Hall–Kier alpha value is 0.0700. The van der Waals surface area contributed by atoms with E-state index in [0.29, 0.717) is 0 Å². The minimum atomic E-state index is -3.99. The van der Waals surface area contributed by atoms with Gasteiger partial charge in [-0.1, -0.05) is 13.3 Å². The van der Waals surface area contributed by atoms with Crippen LogP contribution in [0.25, 0.3) is 0 Å². The molecule has 0 fully saturated rings. The van der Waals surface area contributed by atoms with Gasteiger partial charge in [-0.05, 0) is 20.3 Å². The van der Waals surface area contributed by atoms with Crippen LogP contribution in [0.5, 0.6) is 0 Å². The summed E-state index contributed by atoms with van der Waals surface area (Å²) in [5.74, 6) is 0. The van der Waals surface area contributed by atoms with Crippen molar-refractivity contribution >= 4 is 7.82 Å². The van der Waals surface area contributed by atoms with Gasteiger partial charge in [0, 0.05) is 0 Å². The summed E-state index contributed by atoms with van der Waals surface area (Å²) in [4.78, 5) is 13.6. The second-order valence-corrected chi connectivity index (χ2v) is 4.00. The van der Waals surface area contributed by atoms with Gasteiger partial charge in [0.25, 0.3) is 0 Å². The van der Waals surface area contributed by atoms with Crippen molar-refractivity contribution < 1.29 is 23.5 Å². The van der Waals surface area contributed by atoms with E-state index in [1.165, 1.54) is 0 Å². The van der Waals surface area contributed by atoms with E-state index < -0.39 is 7.82 Å². The van der Waals surface area contributed by atoms with E-state index in [4.69, 9.17) is 4.89 Å². The van der Waals surface area contributed by atoms with Crippen LogP contribution >= 0.6 is 7.82 Å². The van der Waals surface area contributed by atoms with Crippen LogP contribution in [-0.2, 0) is 18.7 Å². The minimum Gasteiger partial charge on any atom is -0.301 e. The fourth-order valence-electron chi connectivity index (χ4n) is 0.767. The van der Waals surface area contributed by atoms with Crippen LogP contribution in [0.1, 0.15) is 33.6 Å². The lowest BCUT2D eigenvalue weighted by atomic mass is 10.2. The molecule has 1 N–H and O–H groups in total. The molecule has 0 aliphatic rings. The van der Waals surface area contributed by atoms with Crippen molar-refractivity contribution in [3.8, 4) is 0 Å². The molecule has 5 nitrogen and oxygen atoms in total. The van der Waals surface area contributed by atoms with E-state index in [9.17, 15) is 4.57 Å². The molecule has 80 valence electrons. The summed E-state index contributed by atoms with van der Waals surface area (Å²) in [6.45, 7) is 5.46. The van der Waals surface area contributed by atoms with Crippen LogP contribution in [0.4, 0.5) is 0 Å². The molecule has 0 saturated carbocycles. The van der Waals surface area contributed by atoms with Gasteiger partial charge in [0.1, 0.15) is 0 Å². The number of hydrogen-bond acceptors (Lipinski definition) is 4. The highest BCUT2D eigenvalue weighted by molar-refractivity contribution is 7.47. The third-order valence-electron chi connectivity index (χ3n) is 1.29. The van der Waals surface area contributed by atoms with E-state index in [1.807, 2.05) is 6.92 Å². The number of phosphoric ester groups is 1. The molecule has 0 aromatic rings. The van der Waals surface area contributed by atoms with E-state index in [2.05, 4.69) is 14.1 Å². The highest BCUT2D eigenvalue weighted by atomic mass is 31.2. The van der Waals surface area contributed by atoms with Crippen molar-refractivity contribution in [3.63, 3.8) is 0 Å². The molecular formula is C7H17O5P. The van der Waals surface area contributed by atoms with Gasteiger partial charge in [-0.2, -0.15) is 0 Å². The largest absolute Gasteiger partial charge is 0.499 e. The average Bonchev–Trinajstić information content (AvgIpc) is 2.02. The van der Waals surface area contributed by atoms with Crippen LogP contribution in [-0.4, -0.2) is 17.6 Å². The van der Waals surface area contributed by atoms with Crippen molar-refractivity contribution in [2.75, 3.05) is 6.61 Å². The van der Waals surface area contributed by atoms with Crippen LogP contribution in [0.3, 0.4) is 0 Å². The highest BCUT2D eigenvalue weighted by Gasteiger charge is 2.22. The predicted octanol–water partition coefficient (Wildman–Crippen LogP) is 2.26. The first-order chi connectivity index (χ1) is 6.02. The zero-order valence-electron chi connectivity index (χ0n) is 8.23. The van der Waals surface area contributed by atoms with Gasteiger partial charge in [-0.15, -0.1) is 4.67 Å². The second kappa shape index (κ2) is 6.51. The molecule has 0 spiro atoms. The predicted molar refractivity (Wildman–Crippen MR) is 48.0 cm³/mol. The summed E-state index contributed by atoms with van der Waals surface area (Å²) in [6, 6.07) is 0. The molecule has 0 bridgehead atoms. The summed E-state index contributed by atoms with van der Waals surface area (Å²) in [7, 11) is -3.99. The number of rotatable bonds is 7. The average molecular weight is 212 g/mol. The first-order valence-corrected chi connectivity index (χ1v) is 5.83. The van der Waals surface area contributed by atoms with Crippen LogP contribution in [0, 0.1) is 0 Å². The van der Waals surface area contributed by atoms with Gasteiger partial charge in [0.15, 0.2) is 0 Å². The number of phosphoric acid groups is 1. The molecule has 0 aliphatic heterocycles. The van der Waals surface area contributed by atoms with Gasteiger partial charge in [-0.25, -0.2) is 9.45 Å². The monoisotopic (exact) mass is 212 g/mol. The SMILES string of the molecule is CCCC(C)OOP(=O)(O)OCC. The molecule has 0 heterocycles. The summed E-state index contributed by atoms with van der Waals surface area (Å²) in [5, 5.41) is 0. The fraction of sp³-hybridized carbons (Fsp3) is 1.00. The van der Waals surface area contributed by atoms with Crippen molar-refractivity contribution in [2.45, 2.75) is 39.7 Å². The second-order valence-electron chi connectivity index (χ2n) is 2.66. The molecule has 6 heteroatoms. The van der Waals surface area contributed by atoms with E-state index in [1.54, 1.807) is 13.8 Å². The molecule has 0 rings (SSSR count). The zero-order chi connectivity index (χ0) is 10.3. The Labute approximate surface area is 78.5 Å². The van der Waals surface area contributed by atoms with Crippen LogP contribution in [0.2, 0.25) is 0 Å². The Morgan fingerprint density at radius 1 is 1.46 bits per heavy atom. The van der Waals surface area contributed by atoms with Gasteiger partial charge in [0.05, 0.1) is 12.7 Å². The van der Waals surface area contributed by atoms with Crippen molar-refractivity contribution in [1.29, 1.82) is 0 Å². The first kappa shape index (κ1) is 13.1. The van der Waals surface area contributed by atoms with Gasteiger partial charge < -0.3 is 4.89 Å². The Balaban J connectivity index is 3.67. The molecule has 2 atom stereocenters. The van der Waals surface area contributed by atoms with Gasteiger partial charge >= 0.3 is 7.82 Å². The molecule has 0 radical (unpaired) electrons. The van der Waals surface area contributed by atoms with Crippen molar-refractivity contribution in [3.05, 3.63) is 0 Å². The topological polar surface area (TPSA) is 65.0 Å². The third-order valence-corrected chi connectivity index (χ3v) is 2.15. The number of hydrogen-bond donors (Lipinski definition) is 1. The molecule has 2 unspecified atom stereocenters. The summed E-state index contributed by atoms with van der Waals surface area (Å²) < 4.78 is 19.6. The molecular weight excluding hydrogens is 195 g/mol. The maximum atomic E-state index is 10.9. The van der Waals surface area contributed by atoms with Crippen LogP contribution in [0.15, 0.2) is 0 Å². The van der Waals surface area contributed by atoms with E-state index in [0.717, 1.165) is 12.8 Å². The summed E-state index contributed by atoms with van der Waals surface area (Å²) in [5.41, 5.74) is 0. The minimum absolute atomic E-state index is 0.110. The quantitative estimate of drug-likeness (QED) is 0.398. The Morgan fingerprint density at radius 3 is 2.54 bits per heavy atom. The first-order valence-electron chi connectivity index (χ1n) is 4.34. The summed E-state index contributed by atoms with van der Waals surface area (Å²) in [6.07, 6.45) is 1.49. The van der Waals surface area contributed by atoms with Crippen molar-refractivity contribution in [2.24, 2.45) is 0 Å². The zero-order valence-corrected chi connectivity index (χ0v) is 9.12. The van der Waals surface area contributed by atoms with Gasteiger partial charge in [0.2, 0.25) is 0 Å². The van der Waals surface area contributed by atoms with Crippen LogP contribution < -0.4 is 0 Å². The molecule has 13 heavy (non-hydrogen) atoms. The lowest BCUT2D eigenvalue weighted by Crippen LogP contribution is -2.08. The standard InChI is InChI=1S/C7H17O5P/c1-4-6-7(3)11-12-13(8,9)10-5-2/h7H,4-6H2,1-3H3,(H,8,9). The van der Waals surface area contributed by atoms with E-state index in [-0.39, 0.29) is 12.7 Å². The lowest BCUT2D eigenvalue weighted by molar-refractivity contribution is -0.256. The maximum absolute atomic E-state index is 10.9. The highest BCUT2D eigenvalue weighted by Crippen LogP contribution is 2.43. The fourth-order valence-corrected chi connectivity index (χ4v) is 1.39. The maximum Gasteiger partial charge on any atom is 0.499 e. The third kappa shape index (κ3) is 7.16. The van der Waals surface area contributed by atoms with Gasteiger partial charge in [-0.3, -0.25) is 4.52 Å². The molecule has 0 aromatic heterocycles. The molecule has 0 amide bonds. The van der Waals surface area contributed by atoms with E-state index >= 15 is 0 Å². The lowest BCUT2D eigenvalue weighted by Gasteiger charge is -2.13. The normalized spacial score (nSPS) is 18.2. The Morgan fingerprint density at radius 2 is 2.08 bits per heavy atom. The Kier molecular flexibility index (Phi) is 6.55. The van der Waals surface area contributed by atoms with Crippen molar-refractivity contribution in [1.82, 2.24) is 0 Å². The molecule has 0 aromatic carbocycles. The smallest absolute Gasteiger partial charge is 0.301 e. The summed E-state index contributed by atoms with van der Waals surface area (Å²) >= 11 is 0. The molecule has 0 saturated heterocycles.